The van der Waals surface area contributed by atoms with Gasteiger partial charge in [-0.1, -0.05) is 0 Å². The summed E-state index contributed by atoms with van der Waals surface area (Å²) in [6.07, 6.45) is 1.76. The number of rotatable bonds is 5. The Morgan fingerprint density at radius 1 is 1.09 bits per heavy atom. The molecule has 1 aromatic rings. The summed E-state index contributed by atoms with van der Waals surface area (Å²) in [7, 11) is 3.69. The normalized spacial score (nSPS) is 14.9. The fourth-order valence-electron chi connectivity index (χ4n) is 2.45. The second-order valence-electron chi connectivity index (χ2n) is 5.88. The van der Waals surface area contributed by atoms with Crippen LogP contribution in [0.1, 0.15) is 12.8 Å². The van der Waals surface area contributed by atoms with Crippen LogP contribution in [0.25, 0.3) is 0 Å². The molecule has 1 aliphatic rings. The fraction of sp³-hybridized carbons (Fsp3) is 0.500. The van der Waals surface area contributed by atoms with Gasteiger partial charge in [0.2, 0.25) is 11.8 Å². The number of halogens is 1. The zero-order valence-corrected chi connectivity index (χ0v) is 14.4. The average molecular weight is 341 g/mol. The van der Waals surface area contributed by atoms with Gasteiger partial charge in [0.1, 0.15) is 0 Å². The van der Waals surface area contributed by atoms with Crippen LogP contribution in [0.2, 0.25) is 0 Å². The van der Waals surface area contributed by atoms with Gasteiger partial charge in [0.25, 0.3) is 0 Å². The number of carbonyl (C=O) groups is 2. The number of hydrogen-bond donors (Lipinski definition) is 3. The molecule has 0 spiro atoms. The lowest BCUT2D eigenvalue weighted by molar-refractivity contribution is -0.120. The van der Waals surface area contributed by atoms with Crippen LogP contribution in [0.15, 0.2) is 24.3 Å². The van der Waals surface area contributed by atoms with E-state index < -0.39 is 0 Å². The molecule has 1 aromatic carbocycles. The Bertz CT molecular complexity index is 513. The first-order valence-electron chi connectivity index (χ1n) is 7.61. The highest BCUT2D eigenvalue weighted by Gasteiger charge is 2.20. The van der Waals surface area contributed by atoms with Crippen LogP contribution in [0.3, 0.4) is 0 Å². The van der Waals surface area contributed by atoms with Crippen LogP contribution < -0.4 is 16.0 Å². The van der Waals surface area contributed by atoms with Gasteiger partial charge in [0.15, 0.2) is 0 Å². The number of amides is 2. The van der Waals surface area contributed by atoms with E-state index in [-0.39, 0.29) is 30.1 Å². The van der Waals surface area contributed by atoms with Crippen molar-refractivity contribution >= 4 is 35.6 Å². The summed E-state index contributed by atoms with van der Waals surface area (Å²) in [4.78, 5) is 25.6. The lowest BCUT2D eigenvalue weighted by Crippen LogP contribution is -2.34. The molecule has 23 heavy (non-hydrogen) atoms. The Labute approximate surface area is 143 Å². The van der Waals surface area contributed by atoms with Crippen LogP contribution in [-0.4, -0.2) is 50.4 Å². The topological polar surface area (TPSA) is 73.5 Å². The average Bonchev–Trinajstić information content (AvgIpc) is 2.49. The van der Waals surface area contributed by atoms with Crippen molar-refractivity contribution in [3.05, 3.63) is 24.3 Å². The van der Waals surface area contributed by atoms with E-state index in [9.17, 15) is 9.59 Å². The third-order valence-corrected chi connectivity index (χ3v) is 3.61. The zero-order valence-electron chi connectivity index (χ0n) is 13.6. The molecule has 0 atom stereocenters. The molecule has 0 aromatic heterocycles. The summed E-state index contributed by atoms with van der Waals surface area (Å²) < 4.78 is 0. The third kappa shape index (κ3) is 6.56. The highest BCUT2D eigenvalue weighted by molar-refractivity contribution is 5.94. The molecule has 2 rings (SSSR count). The Kier molecular flexibility index (Phi) is 8.02. The van der Waals surface area contributed by atoms with Gasteiger partial charge in [-0.15, -0.1) is 12.4 Å². The predicted octanol–water partition coefficient (Wildman–Crippen LogP) is 1.55. The standard InChI is InChI=1S/C16H24N4O2.ClH/c1-20(2)11-15(21)18-13-3-5-14(6-4-13)19-16(22)12-7-9-17-10-8-12;/h3-6,12,17H,7-11H2,1-2H3,(H,18,21)(H,19,22);1H. The summed E-state index contributed by atoms with van der Waals surface area (Å²) in [5.74, 6) is 0.100. The molecule has 1 saturated heterocycles. The molecule has 0 aliphatic carbocycles. The quantitative estimate of drug-likeness (QED) is 0.760. The summed E-state index contributed by atoms with van der Waals surface area (Å²) in [5.41, 5.74) is 1.49. The van der Waals surface area contributed by atoms with Crippen molar-refractivity contribution in [1.29, 1.82) is 0 Å². The van der Waals surface area contributed by atoms with Gasteiger partial charge in [-0.3, -0.25) is 9.59 Å². The first kappa shape index (κ1) is 19.4. The van der Waals surface area contributed by atoms with Crippen LogP contribution in [0.4, 0.5) is 11.4 Å². The molecule has 7 heteroatoms. The van der Waals surface area contributed by atoms with Crippen molar-refractivity contribution in [1.82, 2.24) is 10.2 Å². The van der Waals surface area contributed by atoms with Crippen molar-refractivity contribution in [2.24, 2.45) is 5.92 Å². The largest absolute Gasteiger partial charge is 0.326 e. The molecule has 128 valence electrons. The third-order valence-electron chi connectivity index (χ3n) is 3.61. The lowest BCUT2D eigenvalue weighted by Gasteiger charge is -2.21. The minimum Gasteiger partial charge on any atom is -0.326 e. The van der Waals surface area contributed by atoms with E-state index >= 15 is 0 Å². The Hall–Kier alpha value is -1.63. The van der Waals surface area contributed by atoms with Gasteiger partial charge >= 0.3 is 0 Å². The predicted molar refractivity (Wildman–Crippen MR) is 95.1 cm³/mol. The maximum atomic E-state index is 12.1. The summed E-state index contributed by atoms with van der Waals surface area (Å²) in [6.45, 7) is 2.14. The zero-order chi connectivity index (χ0) is 15.9. The molecule has 2 amide bonds. The minimum atomic E-state index is -0.0588. The molecule has 1 fully saturated rings. The summed E-state index contributed by atoms with van der Waals surface area (Å²) >= 11 is 0. The van der Waals surface area contributed by atoms with Crippen LogP contribution >= 0.6 is 12.4 Å². The highest BCUT2D eigenvalue weighted by atomic mass is 35.5. The smallest absolute Gasteiger partial charge is 0.238 e. The van der Waals surface area contributed by atoms with Gasteiger partial charge in [0.05, 0.1) is 6.54 Å². The second kappa shape index (κ2) is 9.50. The van der Waals surface area contributed by atoms with E-state index in [0.29, 0.717) is 6.54 Å². The number of hydrogen-bond acceptors (Lipinski definition) is 4. The molecule has 1 aliphatic heterocycles. The second-order valence-corrected chi connectivity index (χ2v) is 5.88. The van der Waals surface area contributed by atoms with Crippen molar-refractivity contribution in [3.8, 4) is 0 Å². The van der Waals surface area contributed by atoms with E-state index in [1.54, 1.807) is 12.1 Å². The molecular formula is C16H25ClN4O2. The van der Waals surface area contributed by atoms with E-state index in [1.807, 2.05) is 31.1 Å². The molecule has 0 saturated carbocycles. The Morgan fingerprint density at radius 2 is 1.61 bits per heavy atom. The van der Waals surface area contributed by atoms with Gasteiger partial charge in [-0.25, -0.2) is 0 Å². The Balaban J connectivity index is 0.00000264. The van der Waals surface area contributed by atoms with Gasteiger partial charge in [0, 0.05) is 17.3 Å². The maximum absolute atomic E-state index is 12.1. The molecule has 1 heterocycles. The number of piperidine rings is 1. The van der Waals surface area contributed by atoms with Gasteiger partial charge < -0.3 is 20.9 Å². The fourth-order valence-corrected chi connectivity index (χ4v) is 2.45. The van der Waals surface area contributed by atoms with Crippen LogP contribution in [0, 0.1) is 5.92 Å². The van der Waals surface area contributed by atoms with E-state index in [2.05, 4.69) is 16.0 Å². The monoisotopic (exact) mass is 340 g/mol. The molecule has 0 radical (unpaired) electrons. The van der Waals surface area contributed by atoms with Crippen LogP contribution in [0.5, 0.6) is 0 Å². The lowest BCUT2D eigenvalue weighted by atomic mass is 9.97. The number of carbonyl (C=O) groups excluding carboxylic acids is 2. The number of likely N-dealkylation sites (N-methyl/N-ethyl adjacent to an activating group) is 1. The van der Waals surface area contributed by atoms with Crippen LogP contribution in [-0.2, 0) is 9.59 Å². The number of nitrogens with zero attached hydrogens (tertiary/aromatic N) is 1. The Morgan fingerprint density at radius 3 is 2.13 bits per heavy atom. The molecule has 3 N–H and O–H groups in total. The van der Waals surface area contributed by atoms with Gasteiger partial charge in [-0.2, -0.15) is 0 Å². The molecule has 0 bridgehead atoms. The summed E-state index contributed by atoms with van der Waals surface area (Å²) in [5, 5.41) is 9.00. The van der Waals surface area contributed by atoms with Gasteiger partial charge in [-0.05, 0) is 64.3 Å². The first-order chi connectivity index (χ1) is 10.5. The first-order valence-corrected chi connectivity index (χ1v) is 7.61. The number of nitrogens with one attached hydrogen (secondary N) is 3. The molecular weight excluding hydrogens is 316 g/mol. The molecule has 0 unspecified atom stereocenters. The van der Waals surface area contributed by atoms with E-state index in [4.69, 9.17) is 0 Å². The van der Waals surface area contributed by atoms with Crippen molar-refractivity contribution in [3.63, 3.8) is 0 Å². The minimum absolute atomic E-state index is 0. The van der Waals surface area contributed by atoms with E-state index in [0.717, 1.165) is 37.3 Å². The van der Waals surface area contributed by atoms with E-state index in [1.165, 1.54) is 0 Å². The highest BCUT2D eigenvalue weighted by Crippen LogP contribution is 2.17. The van der Waals surface area contributed by atoms with Crippen molar-refractivity contribution < 1.29 is 9.59 Å². The summed E-state index contributed by atoms with van der Waals surface area (Å²) in [6, 6.07) is 7.21. The molecule has 6 nitrogen and oxygen atoms in total. The SMILES string of the molecule is CN(C)CC(=O)Nc1ccc(NC(=O)C2CCNCC2)cc1.Cl. The number of benzene rings is 1. The number of anilines is 2. The van der Waals surface area contributed by atoms with Crippen molar-refractivity contribution in [2.45, 2.75) is 12.8 Å². The van der Waals surface area contributed by atoms with Crippen molar-refractivity contribution in [2.75, 3.05) is 44.4 Å². The maximum Gasteiger partial charge on any atom is 0.238 e.